The molecule has 0 aliphatic rings. The molecule has 0 spiro atoms. The first-order valence-electron chi connectivity index (χ1n) is 8.27. The van der Waals surface area contributed by atoms with Crippen LogP contribution in [0.5, 0.6) is 17.2 Å². The van der Waals surface area contributed by atoms with E-state index in [1.807, 2.05) is 20.8 Å². The van der Waals surface area contributed by atoms with E-state index in [9.17, 15) is 4.79 Å². The highest BCUT2D eigenvalue weighted by Gasteiger charge is 2.16. The fraction of sp³-hybridized carbons (Fsp3) is 0.588. The molecule has 2 N–H and O–H groups in total. The first-order valence-corrected chi connectivity index (χ1v) is 8.27. The summed E-state index contributed by atoms with van der Waals surface area (Å²) in [5.41, 5.74) is 0.606. The molecule has 0 aromatic heterocycles. The lowest BCUT2D eigenvalue weighted by molar-refractivity contribution is 0.251. The number of carbonyl (C=O) groups excluding carboxylic acids is 1. The Morgan fingerprint density at radius 1 is 0.957 bits per heavy atom. The Kier molecular flexibility index (Phi) is 8.72. The molecule has 23 heavy (non-hydrogen) atoms. The maximum atomic E-state index is 11.9. The van der Waals surface area contributed by atoms with Crippen molar-refractivity contribution < 1.29 is 19.0 Å². The molecule has 0 fully saturated rings. The van der Waals surface area contributed by atoms with Gasteiger partial charge in [0.1, 0.15) is 0 Å². The quantitative estimate of drug-likeness (QED) is 0.642. The SMILES string of the molecule is CCCCNC(=O)Nc1cc(OCC)c(OCC)c(OCC)c1. The highest BCUT2D eigenvalue weighted by Crippen LogP contribution is 2.40. The minimum atomic E-state index is -0.243. The third-order valence-corrected chi connectivity index (χ3v) is 2.98. The van der Waals surface area contributed by atoms with Crippen LogP contribution in [-0.4, -0.2) is 32.4 Å². The molecule has 130 valence electrons. The Morgan fingerprint density at radius 3 is 2.00 bits per heavy atom. The van der Waals surface area contributed by atoms with Gasteiger partial charge in [-0.1, -0.05) is 13.3 Å². The standard InChI is InChI=1S/C17H28N2O4/c1-5-9-10-18-17(20)19-13-11-14(21-6-2)16(23-8-4)15(12-13)22-7-3/h11-12H,5-10H2,1-4H3,(H2,18,19,20). The lowest BCUT2D eigenvalue weighted by atomic mass is 10.2. The molecular formula is C17H28N2O4. The Balaban J connectivity index is 2.96. The van der Waals surface area contributed by atoms with Crippen molar-refractivity contribution in [2.24, 2.45) is 0 Å². The lowest BCUT2D eigenvalue weighted by Gasteiger charge is -2.17. The van der Waals surface area contributed by atoms with Gasteiger partial charge >= 0.3 is 6.03 Å². The van der Waals surface area contributed by atoms with Crippen molar-refractivity contribution in [2.75, 3.05) is 31.7 Å². The highest BCUT2D eigenvalue weighted by molar-refractivity contribution is 5.90. The second kappa shape index (κ2) is 10.6. The molecule has 0 aliphatic heterocycles. The van der Waals surface area contributed by atoms with Gasteiger partial charge in [-0.2, -0.15) is 0 Å². The van der Waals surface area contributed by atoms with E-state index in [-0.39, 0.29) is 6.03 Å². The number of ether oxygens (including phenoxy) is 3. The van der Waals surface area contributed by atoms with E-state index in [2.05, 4.69) is 17.6 Å². The zero-order chi connectivity index (χ0) is 17.1. The average molecular weight is 324 g/mol. The number of amides is 2. The molecule has 6 heteroatoms. The minimum absolute atomic E-state index is 0.243. The largest absolute Gasteiger partial charge is 0.490 e. The number of hydrogen-bond acceptors (Lipinski definition) is 4. The molecule has 0 radical (unpaired) electrons. The molecule has 0 bridgehead atoms. The van der Waals surface area contributed by atoms with Gasteiger partial charge in [0, 0.05) is 18.7 Å². The van der Waals surface area contributed by atoms with Gasteiger partial charge in [-0.3, -0.25) is 0 Å². The van der Waals surface area contributed by atoms with E-state index in [0.29, 0.717) is 49.3 Å². The van der Waals surface area contributed by atoms with Crippen molar-refractivity contribution in [1.29, 1.82) is 0 Å². The fourth-order valence-corrected chi connectivity index (χ4v) is 2.01. The van der Waals surface area contributed by atoms with Gasteiger partial charge in [0.25, 0.3) is 0 Å². The fourth-order valence-electron chi connectivity index (χ4n) is 2.01. The summed E-state index contributed by atoms with van der Waals surface area (Å²) in [6, 6.07) is 3.25. The van der Waals surface area contributed by atoms with Crippen molar-refractivity contribution in [1.82, 2.24) is 5.32 Å². The van der Waals surface area contributed by atoms with Gasteiger partial charge in [0.15, 0.2) is 11.5 Å². The Labute approximate surface area is 138 Å². The van der Waals surface area contributed by atoms with Gasteiger partial charge < -0.3 is 24.8 Å². The summed E-state index contributed by atoms with van der Waals surface area (Å²) in [6.07, 6.45) is 1.98. The predicted molar refractivity (Wildman–Crippen MR) is 91.9 cm³/mol. The van der Waals surface area contributed by atoms with Crippen LogP contribution in [0.1, 0.15) is 40.5 Å². The summed E-state index contributed by atoms with van der Waals surface area (Å²) in [7, 11) is 0. The normalized spacial score (nSPS) is 10.1. The van der Waals surface area contributed by atoms with E-state index in [4.69, 9.17) is 14.2 Å². The van der Waals surface area contributed by atoms with Crippen LogP contribution in [0, 0.1) is 0 Å². The molecular weight excluding hydrogens is 296 g/mol. The summed E-state index contributed by atoms with van der Waals surface area (Å²) in [5.74, 6) is 1.68. The van der Waals surface area contributed by atoms with E-state index in [1.165, 1.54) is 0 Å². The van der Waals surface area contributed by atoms with Gasteiger partial charge in [-0.25, -0.2) is 4.79 Å². The molecule has 6 nitrogen and oxygen atoms in total. The number of benzene rings is 1. The first-order chi connectivity index (χ1) is 11.2. The Morgan fingerprint density at radius 2 is 1.52 bits per heavy atom. The van der Waals surface area contributed by atoms with Crippen LogP contribution in [-0.2, 0) is 0 Å². The number of anilines is 1. The number of rotatable bonds is 10. The average Bonchev–Trinajstić information content (AvgIpc) is 2.51. The molecule has 1 aromatic rings. The van der Waals surface area contributed by atoms with Gasteiger partial charge in [-0.15, -0.1) is 0 Å². The third kappa shape index (κ3) is 6.26. The van der Waals surface area contributed by atoms with Crippen molar-refractivity contribution in [3.8, 4) is 17.2 Å². The zero-order valence-corrected chi connectivity index (χ0v) is 14.5. The summed E-state index contributed by atoms with van der Waals surface area (Å²) >= 11 is 0. The van der Waals surface area contributed by atoms with Crippen molar-refractivity contribution >= 4 is 11.7 Å². The molecule has 2 amide bonds. The van der Waals surface area contributed by atoms with Crippen molar-refractivity contribution in [3.05, 3.63) is 12.1 Å². The second-order valence-corrected chi connectivity index (χ2v) is 4.84. The number of unbranched alkanes of at least 4 members (excludes halogenated alkanes) is 1. The molecule has 0 saturated carbocycles. The van der Waals surface area contributed by atoms with Crippen LogP contribution in [0.2, 0.25) is 0 Å². The summed E-state index contributed by atoms with van der Waals surface area (Å²) in [4.78, 5) is 11.9. The Hall–Kier alpha value is -2.11. The molecule has 0 saturated heterocycles. The predicted octanol–water partition coefficient (Wildman–Crippen LogP) is 3.80. The van der Waals surface area contributed by atoms with Gasteiger partial charge in [0.2, 0.25) is 5.75 Å². The lowest BCUT2D eigenvalue weighted by Crippen LogP contribution is -2.29. The van der Waals surface area contributed by atoms with E-state index in [0.717, 1.165) is 12.8 Å². The summed E-state index contributed by atoms with van der Waals surface area (Å²) in [5, 5.41) is 5.61. The second-order valence-electron chi connectivity index (χ2n) is 4.84. The van der Waals surface area contributed by atoms with Crippen molar-refractivity contribution in [2.45, 2.75) is 40.5 Å². The zero-order valence-electron chi connectivity index (χ0n) is 14.5. The summed E-state index contributed by atoms with van der Waals surface area (Å²) < 4.78 is 16.9. The van der Waals surface area contributed by atoms with Gasteiger partial charge in [0.05, 0.1) is 25.5 Å². The minimum Gasteiger partial charge on any atom is -0.490 e. The van der Waals surface area contributed by atoms with Crippen LogP contribution in [0.15, 0.2) is 12.1 Å². The maximum Gasteiger partial charge on any atom is 0.319 e. The van der Waals surface area contributed by atoms with Crippen LogP contribution in [0.3, 0.4) is 0 Å². The molecule has 1 aromatic carbocycles. The monoisotopic (exact) mass is 324 g/mol. The number of carbonyl (C=O) groups is 1. The molecule has 1 rings (SSSR count). The van der Waals surface area contributed by atoms with Crippen LogP contribution in [0.4, 0.5) is 10.5 Å². The molecule has 0 heterocycles. The van der Waals surface area contributed by atoms with E-state index < -0.39 is 0 Å². The van der Waals surface area contributed by atoms with E-state index >= 15 is 0 Å². The van der Waals surface area contributed by atoms with Gasteiger partial charge in [-0.05, 0) is 27.2 Å². The topological polar surface area (TPSA) is 68.8 Å². The van der Waals surface area contributed by atoms with E-state index in [1.54, 1.807) is 12.1 Å². The third-order valence-electron chi connectivity index (χ3n) is 2.98. The molecule has 0 aliphatic carbocycles. The van der Waals surface area contributed by atoms with Crippen LogP contribution < -0.4 is 24.8 Å². The van der Waals surface area contributed by atoms with Crippen LogP contribution in [0.25, 0.3) is 0 Å². The van der Waals surface area contributed by atoms with Crippen LogP contribution >= 0.6 is 0 Å². The first kappa shape index (κ1) is 18.9. The molecule has 0 atom stereocenters. The highest BCUT2D eigenvalue weighted by atomic mass is 16.5. The Bertz CT molecular complexity index is 464. The smallest absolute Gasteiger partial charge is 0.319 e. The maximum absolute atomic E-state index is 11.9. The number of urea groups is 1. The number of hydrogen-bond donors (Lipinski definition) is 2. The molecule has 0 unspecified atom stereocenters. The van der Waals surface area contributed by atoms with Crippen molar-refractivity contribution in [3.63, 3.8) is 0 Å². The summed E-state index contributed by atoms with van der Waals surface area (Å²) in [6.45, 7) is 9.92. The number of nitrogens with one attached hydrogen (secondary N) is 2.